The summed E-state index contributed by atoms with van der Waals surface area (Å²) in [7, 11) is 1.66. The predicted octanol–water partition coefficient (Wildman–Crippen LogP) is 0.812. The molecule has 0 aromatic rings. The maximum Gasteiger partial charge on any atom is 0.0701 e. The predicted molar refractivity (Wildman–Crippen MR) is 69.7 cm³/mol. The molecule has 2 N–H and O–H groups in total. The molecule has 5 nitrogen and oxygen atoms in total. The van der Waals surface area contributed by atoms with Crippen LogP contribution in [0.5, 0.6) is 0 Å². The molecule has 0 heterocycles. The van der Waals surface area contributed by atoms with E-state index >= 15 is 0 Å². The summed E-state index contributed by atoms with van der Waals surface area (Å²) in [6, 6.07) is 0. The number of rotatable bonds is 13. The maximum absolute atomic E-state index is 5.62. The van der Waals surface area contributed by atoms with Crippen LogP contribution in [0.3, 0.4) is 0 Å². The summed E-state index contributed by atoms with van der Waals surface area (Å²) in [4.78, 5) is 0. The topological polar surface area (TPSA) is 62.9 Å². The lowest BCUT2D eigenvalue weighted by Crippen LogP contribution is -2.18. The fourth-order valence-corrected chi connectivity index (χ4v) is 1.82. The Labute approximate surface area is 110 Å². The van der Waals surface area contributed by atoms with Crippen LogP contribution in [-0.2, 0) is 18.9 Å². The van der Waals surface area contributed by atoms with Crippen LogP contribution in [0.15, 0.2) is 0 Å². The second-order valence-corrected chi connectivity index (χ2v) is 4.81. The molecule has 1 rings (SSSR count). The molecule has 0 saturated heterocycles. The molecule has 108 valence electrons. The lowest BCUT2D eigenvalue weighted by atomic mass is 10.0. The van der Waals surface area contributed by atoms with Crippen LogP contribution >= 0.6 is 0 Å². The Bertz CT molecular complexity index is 197. The highest BCUT2D eigenvalue weighted by atomic mass is 16.6. The van der Waals surface area contributed by atoms with Crippen molar-refractivity contribution in [3.05, 3.63) is 0 Å². The molecule has 1 saturated carbocycles. The van der Waals surface area contributed by atoms with Gasteiger partial charge in [-0.25, -0.2) is 0 Å². The van der Waals surface area contributed by atoms with Crippen molar-refractivity contribution in [2.45, 2.75) is 19.3 Å². The zero-order chi connectivity index (χ0) is 13.1. The quantitative estimate of drug-likeness (QED) is 0.497. The highest BCUT2D eigenvalue weighted by Crippen LogP contribution is 2.48. The highest BCUT2D eigenvalue weighted by molar-refractivity contribution is 4.92. The van der Waals surface area contributed by atoms with Crippen LogP contribution < -0.4 is 5.73 Å². The number of methoxy groups -OCH3 is 1. The first-order valence-corrected chi connectivity index (χ1v) is 6.75. The number of ether oxygens (including phenoxy) is 4. The van der Waals surface area contributed by atoms with E-state index in [-0.39, 0.29) is 0 Å². The van der Waals surface area contributed by atoms with Crippen molar-refractivity contribution >= 4 is 0 Å². The average Bonchev–Trinajstić information content (AvgIpc) is 3.12. The second kappa shape index (κ2) is 9.69. The number of hydrogen-bond acceptors (Lipinski definition) is 5. The highest BCUT2D eigenvalue weighted by Gasteiger charge is 2.41. The van der Waals surface area contributed by atoms with Gasteiger partial charge in [-0.1, -0.05) is 0 Å². The van der Waals surface area contributed by atoms with Gasteiger partial charge in [0.25, 0.3) is 0 Å². The van der Waals surface area contributed by atoms with Crippen LogP contribution in [0.25, 0.3) is 0 Å². The normalized spacial score (nSPS) is 17.0. The molecule has 0 aliphatic heterocycles. The summed E-state index contributed by atoms with van der Waals surface area (Å²) in [6.07, 6.45) is 3.61. The molecule has 5 heteroatoms. The molecule has 0 unspecified atom stereocenters. The molecule has 1 fully saturated rings. The molecule has 1 aliphatic carbocycles. The minimum atomic E-state index is 0.401. The van der Waals surface area contributed by atoms with E-state index in [0.29, 0.717) is 45.1 Å². The molecule has 18 heavy (non-hydrogen) atoms. The van der Waals surface area contributed by atoms with Gasteiger partial charge in [0.15, 0.2) is 0 Å². The number of hydrogen-bond donors (Lipinski definition) is 1. The van der Waals surface area contributed by atoms with Gasteiger partial charge in [-0.05, 0) is 31.2 Å². The minimum absolute atomic E-state index is 0.401. The van der Waals surface area contributed by atoms with Crippen LogP contribution in [0.2, 0.25) is 0 Å². The zero-order valence-corrected chi connectivity index (χ0v) is 11.5. The largest absolute Gasteiger partial charge is 0.382 e. The first kappa shape index (κ1) is 15.9. The van der Waals surface area contributed by atoms with Crippen molar-refractivity contribution in [2.24, 2.45) is 11.1 Å². The van der Waals surface area contributed by atoms with E-state index in [9.17, 15) is 0 Å². The zero-order valence-electron chi connectivity index (χ0n) is 11.5. The number of nitrogens with two attached hydrogens (primary N) is 1. The summed E-state index contributed by atoms with van der Waals surface area (Å²) >= 11 is 0. The minimum Gasteiger partial charge on any atom is -0.382 e. The third-order valence-electron chi connectivity index (χ3n) is 3.22. The van der Waals surface area contributed by atoms with Gasteiger partial charge in [-0.3, -0.25) is 0 Å². The average molecular weight is 261 g/mol. The van der Waals surface area contributed by atoms with Gasteiger partial charge in [-0.15, -0.1) is 0 Å². The van der Waals surface area contributed by atoms with Gasteiger partial charge in [0.1, 0.15) is 0 Å². The molecular formula is C13H27NO4. The van der Waals surface area contributed by atoms with Gasteiger partial charge in [0, 0.05) is 7.11 Å². The summed E-state index contributed by atoms with van der Waals surface area (Å²) < 4.78 is 21.1. The Hall–Kier alpha value is -0.200. The van der Waals surface area contributed by atoms with Gasteiger partial charge in [0.2, 0.25) is 0 Å². The lowest BCUT2D eigenvalue weighted by molar-refractivity contribution is -0.00370. The van der Waals surface area contributed by atoms with Gasteiger partial charge < -0.3 is 24.7 Å². The van der Waals surface area contributed by atoms with Gasteiger partial charge >= 0.3 is 0 Å². The summed E-state index contributed by atoms with van der Waals surface area (Å²) in [5, 5.41) is 0. The molecule has 0 bridgehead atoms. The summed E-state index contributed by atoms with van der Waals surface area (Å²) in [5.41, 5.74) is 5.97. The lowest BCUT2D eigenvalue weighted by Gasteiger charge is -2.14. The summed E-state index contributed by atoms with van der Waals surface area (Å²) in [5.74, 6) is 0. The smallest absolute Gasteiger partial charge is 0.0701 e. The first-order chi connectivity index (χ1) is 8.83. The molecule has 0 spiro atoms. The summed E-state index contributed by atoms with van der Waals surface area (Å²) in [6.45, 7) is 5.36. The van der Waals surface area contributed by atoms with E-state index in [4.69, 9.17) is 24.7 Å². The van der Waals surface area contributed by atoms with Crippen LogP contribution in [0.4, 0.5) is 0 Å². The third-order valence-corrected chi connectivity index (χ3v) is 3.22. The van der Waals surface area contributed by atoms with E-state index in [1.807, 2.05) is 0 Å². The fourth-order valence-electron chi connectivity index (χ4n) is 1.82. The van der Waals surface area contributed by atoms with E-state index in [0.717, 1.165) is 19.6 Å². The Morgan fingerprint density at radius 2 is 1.44 bits per heavy atom. The molecule has 0 amide bonds. The maximum atomic E-state index is 5.62. The molecule has 0 atom stereocenters. The Morgan fingerprint density at radius 3 is 1.94 bits per heavy atom. The Kier molecular flexibility index (Phi) is 8.54. The SMILES string of the molecule is COCCOCCOCCOCC1(CCN)CC1. The second-order valence-electron chi connectivity index (χ2n) is 4.81. The van der Waals surface area contributed by atoms with Crippen molar-refractivity contribution in [1.82, 2.24) is 0 Å². The van der Waals surface area contributed by atoms with Crippen LogP contribution in [0.1, 0.15) is 19.3 Å². The molecule has 0 radical (unpaired) electrons. The molecule has 0 aromatic carbocycles. The van der Waals surface area contributed by atoms with Gasteiger partial charge in [0.05, 0.1) is 46.2 Å². The molecule has 1 aliphatic rings. The van der Waals surface area contributed by atoms with E-state index in [2.05, 4.69) is 0 Å². The Morgan fingerprint density at radius 1 is 0.889 bits per heavy atom. The van der Waals surface area contributed by atoms with Gasteiger partial charge in [-0.2, -0.15) is 0 Å². The van der Waals surface area contributed by atoms with E-state index in [1.165, 1.54) is 12.8 Å². The Balaban J connectivity index is 1.76. The molecule has 0 aromatic heterocycles. The third kappa shape index (κ3) is 7.28. The first-order valence-electron chi connectivity index (χ1n) is 6.75. The van der Waals surface area contributed by atoms with Crippen molar-refractivity contribution in [1.29, 1.82) is 0 Å². The van der Waals surface area contributed by atoms with Crippen LogP contribution in [0, 0.1) is 5.41 Å². The fraction of sp³-hybridized carbons (Fsp3) is 1.00. The van der Waals surface area contributed by atoms with Crippen molar-refractivity contribution in [3.63, 3.8) is 0 Å². The van der Waals surface area contributed by atoms with Crippen molar-refractivity contribution in [3.8, 4) is 0 Å². The standard InChI is InChI=1S/C13H27NO4/c1-15-6-7-16-8-9-17-10-11-18-12-13(2-3-13)4-5-14/h2-12,14H2,1H3. The van der Waals surface area contributed by atoms with E-state index in [1.54, 1.807) is 7.11 Å². The van der Waals surface area contributed by atoms with Crippen molar-refractivity contribution < 1.29 is 18.9 Å². The van der Waals surface area contributed by atoms with E-state index < -0.39 is 0 Å². The van der Waals surface area contributed by atoms with Crippen molar-refractivity contribution in [2.75, 3.05) is 59.9 Å². The molecular weight excluding hydrogens is 234 g/mol. The van der Waals surface area contributed by atoms with Crippen LogP contribution in [-0.4, -0.2) is 59.9 Å². The monoisotopic (exact) mass is 261 g/mol.